The minimum absolute atomic E-state index is 0.170. The van der Waals surface area contributed by atoms with Crippen LogP contribution in [0.2, 0.25) is 0 Å². The lowest BCUT2D eigenvalue weighted by atomic mass is 9.30. The predicted molar refractivity (Wildman–Crippen MR) is 130 cm³/mol. The average molecular weight is 441 g/mol. The summed E-state index contributed by atoms with van der Waals surface area (Å²) in [6, 6.07) is 0. The van der Waals surface area contributed by atoms with E-state index in [2.05, 4.69) is 55.4 Å². The fourth-order valence-corrected chi connectivity index (χ4v) is 11.0. The molecule has 180 valence electrons. The van der Waals surface area contributed by atoms with Crippen LogP contribution in [-0.2, 0) is 9.59 Å². The molecule has 5 fully saturated rings. The van der Waals surface area contributed by atoms with Gasteiger partial charge in [-0.3, -0.25) is 9.59 Å². The quantitative estimate of drug-likeness (QED) is 0.388. The molecule has 2 nitrogen and oxygen atoms in total. The Kier molecular flexibility index (Phi) is 4.70. The van der Waals surface area contributed by atoms with E-state index in [4.69, 9.17) is 0 Å². The van der Waals surface area contributed by atoms with E-state index in [0.717, 1.165) is 31.6 Å². The largest absolute Gasteiger partial charge is 0.299 e. The monoisotopic (exact) mass is 440 g/mol. The summed E-state index contributed by atoms with van der Waals surface area (Å²) in [5.74, 6) is 3.31. The van der Waals surface area contributed by atoms with Crippen LogP contribution in [0, 0.1) is 56.2 Å². The van der Waals surface area contributed by atoms with E-state index < -0.39 is 0 Å². The molecule has 5 aliphatic rings. The van der Waals surface area contributed by atoms with Crippen molar-refractivity contribution in [2.24, 2.45) is 56.2 Å². The van der Waals surface area contributed by atoms with E-state index in [1.165, 1.54) is 38.5 Å². The van der Waals surface area contributed by atoms with Gasteiger partial charge in [-0.05, 0) is 96.2 Å². The second-order valence-electron chi connectivity index (χ2n) is 15.1. The number of carbonyl (C=O) groups excluding carboxylic acids is 2. The lowest BCUT2D eigenvalue weighted by molar-refractivity contribution is -0.253. The molecular weight excluding hydrogens is 392 g/mol. The second-order valence-corrected chi connectivity index (χ2v) is 15.1. The van der Waals surface area contributed by atoms with Crippen molar-refractivity contribution in [2.45, 2.75) is 120 Å². The van der Waals surface area contributed by atoms with Crippen molar-refractivity contribution in [1.82, 2.24) is 0 Å². The molecule has 0 aromatic heterocycles. The van der Waals surface area contributed by atoms with Crippen LogP contribution in [0.4, 0.5) is 0 Å². The van der Waals surface area contributed by atoms with Crippen molar-refractivity contribution in [2.75, 3.05) is 0 Å². The van der Waals surface area contributed by atoms with Gasteiger partial charge in [0.15, 0.2) is 0 Å². The third kappa shape index (κ3) is 2.59. The number of carbonyl (C=O) groups is 2. The molecule has 0 amide bonds. The molecule has 0 aromatic carbocycles. The molecule has 5 aliphatic carbocycles. The second kappa shape index (κ2) is 6.51. The molecule has 9 atom stereocenters. The van der Waals surface area contributed by atoms with Gasteiger partial charge in [-0.1, -0.05) is 55.4 Å². The van der Waals surface area contributed by atoms with E-state index in [9.17, 15) is 9.59 Å². The predicted octanol–water partition coefficient (Wildman–Crippen LogP) is 7.64. The summed E-state index contributed by atoms with van der Waals surface area (Å²) in [6.45, 7) is 19.5. The van der Waals surface area contributed by atoms with Crippen LogP contribution in [0.5, 0.6) is 0 Å². The summed E-state index contributed by atoms with van der Waals surface area (Å²) in [5, 5.41) is 0. The number of rotatable bonds is 0. The van der Waals surface area contributed by atoms with E-state index in [0.29, 0.717) is 39.6 Å². The number of ketones is 2. The molecule has 0 heterocycles. The SMILES string of the molecule is C[C@H]1C(=O)CC[C@@H]2[C@]1(C)CC[C@H]1[C@@]2(C)CC[C@@]2(C)[C@@H]3CC(C)(C)C(=O)C[C@]3(C)CC[C@]12C. The zero-order chi connectivity index (χ0) is 23.5. The molecule has 0 radical (unpaired) electrons. The van der Waals surface area contributed by atoms with Crippen LogP contribution in [0.1, 0.15) is 120 Å². The normalized spacial score (nSPS) is 57.1. The zero-order valence-corrected chi connectivity index (χ0v) is 22.2. The van der Waals surface area contributed by atoms with Gasteiger partial charge in [-0.15, -0.1) is 0 Å². The fourth-order valence-electron chi connectivity index (χ4n) is 11.0. The van der Waals surface area contributed by atoms with Crippen molar-refractivity contribution >= 4 is 11.6 Å². The van der Waals surface area contributed by atoms with Gasteiger partial charge in [0, 0.05) is 24.2 Å². The Labute approximate surface area is 197 Å². The van der Waals surface area contributed by atoms with Gasteiger partial charge in [0.2, 0.25) is 0 Å². The summed E-state index contributed by atoms with van der Waals surface area (Å²) in [7, 11) is 0. The van der Waals surface area contributed by atoms with Gasteiger partial charge < -0.3 is 0 Å². The maximum Gasteiger partial charge on any atom is 0.139 e. The molecule has 0 N–H and O–H groups in total. The number of hydrogen-bond donors (Lipinski definition) is 0. The minimum atomic E-state index is -0.170. The Morgan fingerprint density at radius 1 is 0.688 bits per heavy atom. The lowest BCUT2D eigenvalue weighted by Gasteiger charge is -2.74. The van der Waals surface area contributed by atoms with Gasteiger partial charge in [-0.2, -0.15) is 0 Å². The Morgan fingerprint density at radius 2 is 1.31 bits per heavy atom. The standard InChI is InChI=1S/C30H48O2/c1-19-20(31)9-10-21-27(19,5)12-11-22-28(21,6)14-16-30(8)23-17-25(2,3)24(32)18-26(23,4)13-15-29(22,30)7/h19,21-23H,9-18H2,1-8H3/t19-,21+,22-,23+,26-,27+,28-,29+,30-/m0/s1. The zero-order valence-electron chi connectivity index (χ0n) is 22.2. The maximum atomic E-state index is 13.0. The molecule has 0 unspecified atom stereocenters. The first-order valence-electron chi connectivity index (χ1n) is 13.7. The molecule has 0 bridgehead atoms. The number of fused-ring (bicyclic) bond motifs is 7. The minimum Gasteiger partial charge on any atom is -0.299 e. The van der Waals surface area contributed by atoms with Crippen molar-refractivity contribution in [3.8, 4) is 0 Å². The number of hydrogen-bond acceptors (Lipinski definition) is 2. The summed E-state index contributed by atoms with van der Waals surface area (Å²) in [4.78, 5) is 25.7. The fraction of sp³-hybridized carbons (Fsp3) is 0.933. The molecule has 5 rings (SSSR count). The Hall–Kier alpha value is -0.660. The molecule has 0 aromatic rings. The van der Waals surface area contributed by atoms with Gasteiger partial charge in [0.25, 0.3) is 0 Å². The highest BCUT2D eigenvalue weighted by Gasteiger charge is 2.71. The van der Waals surface area contributed by atoms with Gasteiger partial charge in [-0.25, -0.2) is 0 Å². The van der Waals surface area contributed by atoms with Gasteiger partial charge in [0.05, 0.1) is 0 Å². The topological polar surface area (TPSA) is 34.1 Å². The molecule has 0 spiro atoms. The van der Waals surface area contributed by atoms with E-state index in [-0.39, 0.29) is 22.2 Å². The van der Waals surface area contributed by atoms with Gasteiger partial charge in [0.1, 0.15) is 11.6 Å². The Balaban J connectivity index is 1.55. The Bertz CT molecular complexity index is 857. The molecular formula is C30H48O2. The van der Waals surface area contributed by atoms with Crippen molar-refractivity contribution < 1.29 is 9.59 Å². The highest BCUT2D eigenvalue weighted by atomic mass is 16.1. The van der Waals surface area contributed by atoms with E-state index in [1.54, 1.807) is 0 Å². The first-order valence-corrected chi connectivity index (χ1v) is 13.7. The van der Waals surface area contributed by atoms with Crippen molar-refractivity contribution in [1.29, 1.82) is 0 Å². The first-order chi connectivity index (χ1) is 14.6. The van der Waals surface area contributed by atoms with Crippen molar-refractivity contribution in [3.05, 3.63) is 0 Å². The molecule has 32 heavy (non-hydrogen) atoms. The van der Waals surface area contributed by atoms with Gasteiger partial charge >= 0.3 is 0 Å². The van der Waals surface area contributed by atoms with E-state index >= 15 is 0 Å². The van der Waals surface area contributed by atoms with Crippen LogP contribution in [0.3, 0.4) is 0 Å². The van der Waals surface area contributed by atoms with Crippen LogP contribution >= 0.6 is 0 Å². The molecule has 5 saturated carbocycles. The third-order valence-electron chi connectivity index (χ3n) is 13.6. The van der Waals surface area contributed by atoms with Crippen molar-refractivity contribution in [3.63, 3.8) is 0 Å². The maximum absolute atomic E-state index is 13.0. The summed E-state index contributed by atoms with van der Waals surface area (Å²) >= 11 is 0. The smallest absolute Gasteiger partial charge is 0.139 e. The lowest BCUT2D eigenvalue weighted by Crippen LogP contribution is -2.68. The Morgan fingerprint density at radius 3 is 2.00 bits per heavy atom. The summed E-state index contributed by atoms with van der Waals surface area (Å²) in [6.07, 6.45) is 11.4. The van der Waals surface area contributed by atoms with Crippen LogP contribution in [0.15, 0.2) is 0 Å². The van der Waals surface area contributed by atoms with Crippen LogP contribution in [-0.4, -0.2) is 11.6 Å². The highest BCUT2D eigenvalue weighted by molar-refractivity contribution is 5.85. The molecule has 0 saturated heterocycles. The average Bonchev–Trinajstić information content (AvgIpc) is 2.70. The highest BCUT2D eigenvalue weighted by Crippen LogP contribution is 2.78. The van der Waals surface area contributed by atoms with Crippen LogP contribution in [0.25, 0.3) is 0 Å². The third-order valence-corrected chi connectivity index (χ3v) is 13.6. The van der Waals surface area contributed by atoms with E-state index in [1.807, 2.05) is 0 Å². The summed E-state index contributed by atoms with van der Waals surface area (Å²) < 4.78 is 0. The first kappa shape index (κ1) is 23.1. The molecule has 2 heteroatoms. The number of Topliss-reactive ketones (excluding diaryl/α,β-unsaturated/α-hetero) is 2. The van der Waals surface area contributed by atoms with Crippen LogP contribution < -0.4 is 0 Å². The molecule has 0 aliphatic heterocycles. The summed E-state index contributed by atoms with van der Waals surface area (Å²) in [5.41, 5.74) is 1.20.